The molecule has 0 aliphatic carbocycles. The number of piperazine rings is 1. The number of nitrogens with zero attached hydrogens (tertiary/aromatic N) is 2. The lowest BCUT2D eigenvalue weighted by atomic mass is 10.1. The zero-order valence-electron chi connectivity index (χ0n) is 15.3. The van der Waals surface area contributed by atoms with E-state index in [2.05, 4.69) is 0 Å². The molecule has 6 nitrogen and oxygen atoms in total. The number of aryl methyl sites for hydroxylation is 1. The van der Waals surface area contributed by atoms with Crippen molar-refractivity contribution in [3.63, 3.8) is 0 Å². The first-order valence-electron chi connectivity index (χ1n) is 8.75. The zero-order chi connectivity index (χ0) is 19.4. The Balaban J connectivity index is 0.00000280. The number of anilines is 1. The lowest BCUT2D eigenvalue weighted by Crippen LogP contribution is -2.50. The van der Waals surface area contributed by atoms with E-state index in [4.69, 9.17) is 5.73 Å². The van der Waals surface area contributed by atoms with E-state index < -0.39 is 15.8 Å². The number of amides is 1. The molecule has 0 bridgehead atoms. The molecular formula is C19H23ClFN3O3S. The molecule has 0 aromatic heterocycles. The van der Waals surface area contributed by atoms with Gasteiger partial charge in [0.2, 0.25) is 15.9 Å². The van der Waals surface area contributed by atoms with Crippen LogP contribution in [0.15, 0.2) is 53.4 Å². The van der Waals surface area contributed by atoms with Gasteiger partial charge in [0.15, 0.2) is 0 Å². The minimum absolute atomic E-state index is 0. The van der Waals surface area contributed by atoms with Gasteiger partial charge in [-0.2, -0.15) is 4.31 Å². The van der Waals surface area contributed by atoms with Crippen LogP contribution in [0.4, 0.5) is 10.1 Å². The minimum Gasteiger partial charge on any atom is -0.399 e. The predicted octanol–water partition coefficient (Wildman–Crippen LogP) is 2.30. The van der Waals surface area contributed by atoms with Gasteiger partial charge in [-0.3, -0.25) is 4.79 Å². The first-order chi connectivity index (χ1) is 12.9. The molecule has 1 aliphatic heterocycles. The van der Waals surface area contributed by atoms with Gasteiger partial charge in [0.05, 0.1) is 4.90 Å². The number of benzene rings is 2. The standard InChI is InChI=1S/C19H22FN3O3S.ClH/c20-16-6-8-17(9-7-16)27(25,26)23-13-11-22(12-14-23)19(24)10-5-15-3-1-2-4-18(15)21;/h1-4,6-9H,5,10-14,21H2;1H. The molecule has 0 saturated carbocycles. The summed E-state index contributed by atoms with van der Waals surface area (Å²) in [6.07, 6.45) is 0.887. The maximum atomic E-state index is 13.0. The average Bonchev–Trinajstić information content (AvgIpc) is 2.67. The summed E-state index contributed by atoms with van der Waals surface area (Å²) >= 11 is 0. The van der Waals surface area contributed by atoms with Crippen molar-refractivity contribution in [2.75, 3.05) is 31.9 Å². The van der Waals surface area contributed by atoms with Gasteiger partial charge in [0, 0.05) is 38.3 Å². The molecule has 0 radical (unpaired) electrons. The number of carbonyl (C=O) groups is 1. The largest absolute Gasteiger partial charge is 0.399 e. The molecule has 1 aliphatic rings. The number of hydrogen-bond donors (Lipinski definition) is 1. The smallest absolute Gasteiger partial charge is 0.243 e. The first kappa shape index (κ1) is 22.1. The van der Waals surface area contributed by atoms with Crippen LogP contribution in [0.5, 0.6) is 0 Å². The predicted molar refractivity (Wildman–Crippen MR) is 108 cm³/mol. The highest BCUT2D eigenvalue weighted by molar-refractivity contribution is 7.89. The Morgan fingerprint density at radius 2 is 1.61 bits per heavy atom. The van der Waals surface area contributed by atoms with Gasteiger partial charge in [-0.05, 0) is 42.3 Å². The Labute approximate surface area is 170 Å². The van der Waals surface area contributed by atoms with E-state index in [1.807, 2.05) is 18.2 Å². The number of rotatable bonds is 5. The molecule has 3 rings (SSSR count). The van der Waals surface area contributed by atoms with Gasteiger partial charge < -0.3 is 10.6 Å². The van der Waals surface area contributed by atoms with Crippen molar-refractivity contribution in [1.29, 1.82) is 0 Å². The van der Waals surface area contributed by atoms with Crippen LogP contribution in [0.2, 0.25) is 0 Å². The third kappa shape index (κ3) is 5.01. The van der Waals surface area contributed by atoms with Crippen LogP contribution in [0.25, 0.3) is 0 Å². The number of sulfonamides is 1. The second-order valence-electron chi connectivity index (χ2n) is 6.44. The van der Waals surface area contributed by atoms with Crippen molar-refractivity contribution in [3.8, 4) is 0 Å². The highest BCUT2D eigenvalue weighted by atomic mass is 35.5. The number of para-hydroxylation sites is 1. The van der Waals surface area contributed by atoms with E-state index in [0.717, 1.165) is 17.7 Å². The molecule has 1 saturated heterocycles. The SMILES string of the molecule is Cl.Nc1ccccc1CCC(=O)N1CCN(S(=O)(=O)c2ccc(F)cc2)CC1. The molecule has 28 heavy (non-hydrogen) atoms. The maximum Gasteiger partial charge on any atom is 0.243 e. The van der Waals surface area contributed by atoms with Crippen molar-refractivity contribution in [1.82, 2.24) is 9.21 Å². The van der Waals surface area contributed by atoms with Crippen molar-refractivity contribution >= 4 is 34.0 Å². The van der Waals surface area contributed by atoms with Crippen LogP contribution in [-0.4, -0.2) is 49.7 Å². The fourth-order valence-electron chi connectivity index (χ4n) is 3.10. The molecule has 152 valence electrons. The summed E-state index contributed by atoms with van der Waals surface area (Å²) in [6.45, 7) is 1.12. The molecule has 2 aromatic rings. The van der Waals surface area contributed by atoms with Crippen LogP contribution in [0.1, 0.15) is 12.0 Å². The second-order valence-corrected chi connectivity index (χ2v) is 8.38. The third-order valence-corrected chi connectivity index (χ3v) is 6.62. The van der Waals surface area contributed by atoms with Crippen molar-refractivity contribution in [3.05, 3.63) is 59.9 Å². The Hall–Kier alpha value is -2.16. The lowest BCUT2D eigenvalue weighted by Gasteiger charge is -2.34. The maximum absolute atomic E-state index is 13.0. The summed E-state index contributed by atoms with van der Waals surface area (Å²) in [4.78, 5) is 14.2. The zero-order valence-corrected chi connectivity index (χ0v) is 16.9. The summed E-state index contributed by atoms with van der Waals surface area (Å²) in [5.74, 6) is -0.500. The van der Waals surface area contributed by atoms with Crippen LogP contribution in [0.3, 0.4) is 0 Å². The molecular weight excluding hydrogens is 405 g/mol. The van der Waals surface area contributed by atoms with E-state index in [0.29, 0.717) is 31.6 Å². The fraction of sp³-hybridized carbons (Fsp3) is 0.316. The van der Waals surface area contributed by atoms with Crippen LogP contribution < -0.4 is 5.73 Å². The number of nitrogen functional groups attached to an aromatic ring is 1. The highest BCUT2D eigenvalue weighted by Crippen LogP contribution is 2.19. The van der Waals surface area contributed by atoms with Crippen LogP contribution in [0, 0.1) is 5.82 Å². The van der Waals surface area contributed by atoms with Crippen LogP contribution >= 0.6 is 12.4 Å². The average molecular weight is 428 g/mol. The lowest BCUT2D eigenvalue weighted by molar-refractivity contribution is -0.132. The minimum atomic E-state index is -3.68. The molecule has 2 N–H and O–H groups in total. The molecule has 0 atom stereocenters. The van der Waals surface area contributed by atoms with Crippen molar-refractivity contribution in [2.24, 2.45) is 0 Å². The summed E-state index contributed by atoms with van der Waals surface area (Å²) in [5, 5.41) is 0. The topological polar surface area (TPSA) is 83.7 Å². The fourth-order valence-corrected chi connectivity index (χ4v) is 4.52. The normalized spacial score (nSPS) is 15.1. The van der Waals surface area contributed by atoms with Crippen LogP contribution in [-0.2, 0) is 21.2 Å². The molecule has 1 amide bonds. The Morgan fingerprint density at radius 3 is 2.21 bits per heavy atom. The molecule has 1 fully saturated rings. The van der Waals surface area contributed by atoms with E-state index in [9.17, 15) is 17.6 Å². The molecule has 0 spiro atoms. The molecule has 0 unspecified atom stereocenters. The van der Waals surface area contributed by atoms with Gasteiger partial charge in [-0.15, -0.1) is 12.4 Å². The summed E-state index contributed by atoms with van der Waals surface area (Å²) in [5.41, 5.74) is 7.49. The molecule has 1 heterocycles. The van der Waals surface area contributed by atoms with E-state index in [-0.39, 0.29) is 36.3 Å². The Morgan fingerprint density at radius 1 is 1.00 bits per heavy atom. The van der Waals surface area contributed by atoms with Gasteiger partial charge in [0.1, 0.15) is 5.82 Å². The summed E-state index contributed by atoms with van der Waals surface area (Å²) in [7, 11) is -3.68. The van der Waals surface area contributed by atoms with Gasteiger partial charge in [0.25, 0.3) is 0 Å². The van der Waals surface area contributed by atoms with Gasteiger partial charge in [-0.25, -0.2) is 12.8 Å². The van der Waals surface area contributed by atoms with Crippen molar-refractivity contribution in [2.45, 2.75) is 17.7 Å². The second kappa shape index (κ2) is 9.36. The monoisotopic (exact) mass is 427 g/mol. The van der Waals surface area contributed by atoms with E-state index >= 15 is 0 Å². The first-order valence-corrected chi connectivity index (χ1v) is 10.2. The molecule has 9 heteroatoms. The highest BCUT2D eigenvalue weighted by Gasteiger charge is 2.29. The quantitative estimate of drug-likeness (QED) is 0.742. The summed E-state index contributed by atoms with van der Waals surface area (Å²) in [6, 6.07) is 12.2. The Bertz CT molecular complexity index is 914. The van der Waals surface area contributed by atoms with E-state index in [1.165, 1.54) is 16.4 Å². The number of nitrogens with two attached hydrogens (primary N) is 1. The van der Waals surface area contributed by atoms with Gasteiger partial charge in [-0.1, -0.05) is 18.2 Å². The van der Waals surface area contributed by atoms with Gasteiger partial charge >= 0.3 is 0 Å². The summed E-state index contributed by atoms with van der Waals surface area (Å²) < 4.78 is 39.6. The number of halogens is 2. The third-order valence-electron chi connectivity index (χ3n) is 4.71. The molecule has 2 aromatic carbocycles. The van der Waals surface area contributed by atoms with Crippen molar-refractivity contribution < 1.29 is 17.6 Å². The van der Waals surface area contributed by atoms with E-state index in [1.54, 1.807) is 11.0 Å². The number of carbonyl (C=O) groups excluding carboxylic acids is 1. The Kier molecular flexibility index (Phi) is 7.40. The number of hydrogen-bond acceptors (Lipinski definition) is 4.